The Kier molecular flexibility index (Phi) is 3.97. The number of amides is 1. The third-order valence-corrected chi connectivity index (χ3v) is 3.32. The summed E-state index contributed by atoms with van der Waals surface area (Å²) in [5, 5.41) is 7.92. The molecule has 2 aromatic carbocycles. The number of nitrogens with zero attached hydrogens (tertiary/aromatic N) is 3. The van der Waals surface area contributed by atoms with Gasteiger partial charge < -0.3 is 0 Å². The Morgan fingerprint density at radius 2 is 1.57 bits per heavy atom. The quantitative estimate of drug-likeness (QED) is 0.803. The van der Waals surface area contributed by atoms with Crippen LogP contribution >= 0.6 is 0 Å². The molecule has 0 radical (unpaired) electrons. The Bertz CT molecular complexity index is 889. The molecule has 6 heteroatoms. The number of carbonyl (C=O) groups is 1. The number of hydrogen-bond acceptors (Lipinski definition) is 4. The molecule has 114 valence electrons. The van der Waals surface area contributed by atoms with Crippen LogP contribution in [0, 0.1) is 6.92 Å². The summed E-state index contributed by atoms with van der Waals surface area (Å²) in [6, 6.07) is 17.7. The van der Waals surface area contributed by atoms with Gasteiger partial charge in [0.1, 0.15) is 0 Å². The van der Waals surface area contributed by atoms with Crippen LogP contribution in [0.3, 0.4) is 0 Å². The highest BCUT2D eigenvalue weighted by Crippen LogP contribution is 2.11. The molecule has 0 atom stereocenters. The average molecular weight is 306 g/mol. The molecular weight excluding hydrogens is 292 g/mol. The minimum atomic E-state index is -0.423. The Hall–Kier alpha value is -3.28. The smallest absolute Gasteiger partial charge is 0.267 e. The lowest BCUT2D eigenvalue weighted by Gasteiger charge is -2.11. The molecule has 3 aromatic rings. The van der Waals surface area contributed by atoms with Crippen molar-refractivity contribution in [3.8, 4) is 11.3 Å². The van der Waals surface area contributed by atoms with Crippen LogP contribution in [0.4, 0.5) is 0 Å². The van der Waals surface area contributed by atoms with E-state index in [4.69, 9.17) is 0 Å². The molecule has 0 saturated heterocycles. The van der Waals surface area contributed by atoms with E-state index in [0.29, 0.717) is 17.0 Å². The standard InChI is InChI=1S/C17H14N4O2/c1-12-18-19-15(13-8-4-2-5-9-13)17(23)21(12)20-16(22)14-10-6-3-7-11-14/h2-11H,1H3,(H,20,22). The topological polar surface area (TPSA) is 76.9 Å². The maximum atomic E-state index is 12.6. The van der Waals surface area contributed by atoms with Gasteiger partial charge in [0.05, 0.1) is 0 Å². The number of nitrogens with one attached hydrogen (secondary N) is 1. The molecule has 23 heavy (non-hydrogen) atoms. The SMILES string of the molecule is Cc1nnc(-c2ccccc2)c(=O)n1NC(=O)c1ccccc1. The van der Waals surface area contributed by atoms with E-state index in [1.54, 1.807) is 43.3 Å². The fraction of sp³-hybridized carbons (Fsp3) is 0.0588. The third kappa shape index (κ3) is 3.01. The van der Waals surface area contributed by atoms with Crippen molar-refractivity contribution in [3.63, 3.8) is 0 Å². The van der Waals surface area contributed by atoms with Gasteiger partial charge in [0.25, 0.3) is 11.5 Å². The number of benzene rings is 2. The zero-order valence-corrected chi connectivity index (χ0v) is 12.4. The molecule has 0 unspecified atom stereocenters. The minimum absolute atomic E-state index is 0.185. The summed E-state index contributed by atoms with van der Waals surface area (Å²) in [5.74, 6) is -0.0817. The second kappa shape index (κ2) is 6.23. The Morgan fingerprint density at radius 1 is 0.957 bits per heavy atom. The molecule has 1 heterocycles. The van der Waals surface area contributed by atoms with Gasteiger partial charge in [-0.1, -0.05) is 48.5 Å². The number of aryl methyl sites for hydroxylation is 1. The second-order valence-corrected chi connectivity index (χ2v) is 4.91. The summed E-state index contributed by atoms with van der Waals surface area (Å²) < 4.78 is 1.12. The van der Waals surface area contributed by atoms with Gasteiger partial charge in [-0.05, 0) is 19.1 Å². The van der Waals surface area contributed by atoms with Crippen LogP contribution in [0.2, 0.25) is 0 Å². The molecule has 0 bridgehead atoms. The van der Waals surface area contributed by atoms with Crippen molar-refractivity contribution in [2.24, 2.45) is 0 Å². The van der Waals surface area contributed by atoms with Gasteiger partial charge in [0.15, 0.2) is 11.5 Å². The van der Waals surface area contributed by atoms with Gasteiger partial charge in [0, 0.05) is 11.1 Å². The first kappa shape index (κ1) is 14.6. The van der Waals surface area contributed by atoms with Gasteiger partial charge in [-0.3, -0.25) is 15.0 Å². The first-order valence-corrected chi connectivity index (χ1v) is 7.05. The molecule has 0 spiro atoms. The lowest BCUT2D eigenvalue weighted by molar-refractivity contribution is 0.101. The fourth-order valence-corrected chi connectivity index (χ4v) is 2.13. The molecule has 0 aliphatic carbocycles. The van der Waals surface area contributed by atoms with E-state index < -0.39 is 5.56 Å². The van der Waals surface area contributed by atoms with E-state index in [1.165, 1.54) is 0 Å². The maximum Gasteiger partial charge on any atom is 0.299 e. The molecule has 0 saturated carbocycles. The lowest BCUT2D eigenvalue weighted by Crippen LogP contribution is -2.36. The average Bonchev–Trinajstić information content (AvgIpc) is 2.60. The molecular formula is C17H14N4O2. The van der Waals surface area contributed by atoms with Crippen molar-refractivity contribution >= 4 is 5.91 Å². The van der Waals surface area contributed by atoms with E-state index in [-0.39, 0.29) is 11.6 Å². The molecule has 1 N–H and O–H groups in total. The molecule has 0 fully saturated rings. The van der Waals surface area contributed by atoms with E-state index >= 15 is 0 Å². The molecule has 0 aliphatic heterocycles. The van der Waals surface area contributed by atoms with Crippen molar-refractivity contribution in [3.05, 3.63) is 82.4 Å². The van der Waals surface area contributed by atoms with E-state index in [1.807, 2.05) is 24.3 Å². The summed E-state index contributed by atoms with van der Waals surface area (Å²) in [7, 11) is 0. The zero-order chi connectivity index (χ0) is 16.2. The van der Waals surface area contributed by atoms with Crippen LogP contribution in [0.1, 0.15) is 16.2 Å². The highest BCUT2D eigenvalue weighted by Gasteiger charge is 2.14. The van der Waals surface area contributed by atoms with Crippen molar-refractivity contribution in [1.82, 2.24) is 14.9 Å². The molecule has 6 nitrogen and oxygen atoms in total. The predicted molar refractivity (Wildman–Crippen MR) is 86.6 cm³/mol. The summed E-state index contributed by atoms with van der Waals surface area (Å²) in [5.41, 5.74) is 3.43. The lowest BCUT2D eigenvalue weighted by atomic mass is 10.2. The number of hydrogen-bond donors (Lipinski definition) is 1. The number of rotatable bonds is 3. The van der Waals surface area contributed by atoms with E-state index in [0.717, 1.165) is 4.68 Å². The van der Waals surface area contributed by atoms with Crippen LogP contribution in [0.5, 0.6) is 0 Å². The van der Waals surface area contributed by atoms with Crippen LogP contribution in [-0.4, -0.2) is 20.8 Å². The summed E-state index contributed by atoms with van der Waals surface area (Å²) >= 11 is 0. The highest BCUT2D eigenvalue weighted by molar-refractivity contribution is 5.99. The monoisotopic (exact) mass is 306 g/mol. The normalized spacial score (nSPS) is 10.3. The summed E-state index contributed by atoms with van der Waals surface area (Å²) in [6.07, 6.45) is 0. The van der Waals surface area contributed by atoms with Gasteiger partial charge in [0.2, 0.25) is 0 Å². The largest absolute Gasteiger partial charge is 0.299 e. The van der Waals surface area contributed by atoms with Gasteiger partial charge >= 0.3 is 0 Å². The van der Waals surface area contributed by atoms with Crippen molar-refractivity contribution < 1.29 is 4.79 Å². The second-order valence-electron chi connectivity index (χ2n) is 4.91. The maximum absolute atomic E-state index is 12.6. The third-order valence-electron chi connectivity index (χ3n) is 3.32. The molecule has 0 aliphatic rings. The van der Waals surface area contributed by atoms with E-state index in [9.17, 15) is 9.59 Å². The van der Waals surface area contributed by atoms with Crippen molar-refractivity contribution in [2.45, 2.75) is 6.92 Å². The first-order chi connectivity index (χ1) is 11.2. The van der Waals surface area contributed by atoms with Gasteiger partial charge in [-0.15, -0.1) is 10.2 Å². The van der Waals surface area contributed by atoms with Crippen LogP contribution < -0.4 is 11.0 Å². The van der Waals surface area contributed by atoms with E-state index in [2.05, 4.69) is 15.6 Å². The van der Waals surface area contributed by atoms with Crippen molar-refractivity contribution in [1.29, 1.82) is 0 Å². The first-order valence-electron chi connectivity index (χ1n) is 7.05. The van der Waals surface area contributed by atoms with Gasteiger partial charge in [-0.25, -0.2) is 0 Å². The number of carbonyl (C=O) groups excluding carboxylic acids is 1. The number of aromatic nitrogens is 3. The van der Waals surface area contributed by atoms with Crippen LogP contribution in [0.25, 0.3) is 11.3 Å². The van der Waals surface area contributed by atoms with Crippen LogP contribution in [-0.2, 0) is 0 Å². The van der Waals surface area contributed by atoms with Gasteiger partial charge in [-0.2, -0.15) is 4.68 Å². The summed E-state index contributed by atoms with van der Waals surface area (Å²) in [4.78, 5) is 24.9. The highest BCUT2D eigenvalue weighted by atomic mass is 16.2. The van der Waals surface area contributed by atoms with Crippen LogP contribution in [0.15, 0.2) is 65.5 Å². The fourth-order valence-electron chi connectivity index (χ4n) is 2.13. The molecule has 1 aromatic heterocycles. The Balaban J connectivity index is 2.00. The predicted octanol–water partition coefficient (Wildman–Crippen LogP) is 2.00. The minimum Gasteiger partial charge on any atom is -0.267 e. The summed E-state index contributed by atoms with van der Waals surface area (Å²) in [6.45, 7) is 1.61. The Labute approximate surface area is 132 Å². The molecule has 3 rings (SSSR count). The Morgan fingerprint density at radius 3 is 2.22 bits per heavy atom. The van der Waals surface area contributed by atoms with Crippen molar-refractivity contribution in [2.75, 3.05) is 5.43 Å². The molecule has 1 amide bonds. The zero-order valence-electron chi connectivity index (χ0n) is 12.4.